The number of carbonyl (C=O) groups is 5. The summed E-state index contributed by atoms with van der Waals surface area (Å²) in [6.07, 6.45) is 3.19. The average Bonchev–Trinajstić information content (AvgIpc) is 3.19. The van der Waals surface area contributed by atoms with Crippen LogP contribution in [-0.2, 0) is 24.0 Å². The van der Waals surface area contributed by atoms with Crippen LogP contribution >= 0.6 is 23.2 Å². The molecule has 1 fully saturated rings. The van der Waals surface area contributed by atoms with Crippen LogP contribution < -0.4 is 16.0 Å². The first-order chi connectivity index (χ1) is 16.8. The molecular formula is C25H28Cl2N4O5. The molecule has 0 radical (unpaired) electrons. The van der Waals surface area contributed by atoms with Crippen LogP contribution in [0.4, 0.5) is 0 Å². The third-order valence-electron chi connectivity index (χ3n) is 5.47. The molecule has 192 valence electrons. The molecule has 0 aliphatic carbocycles. The smallest absolute Gasteiger partial charge is 0.299 e. The molecule has 0 spiro atoms. The molecule has 1 heterocycles. The van der Waals surface area contributed by atoms with Crippen molar-refractivity contribution in [2.24, 2.45) is 11.3 Å². The van der Waals surface area contributed by atoms with Crippen molar-refractivity contribution in [3.8, 4) is 6.07 Å². The normalized spacial score (nSPS) is 17.1. The highest BCUT2D eigenvalue weighted by atomic mass is 35.5. The zero-order chi connectivity index (χ0) is 27.0. The van der Waals surface area contributed by atoms with Crippen LogP contribution in [0.2, 0.25) is 10.0 Å². The molecule has 1 aliphatic heterocycles. The first kappa shape index (κ1) is 29.0. The van der Waals surface area contributed by atoms with Gasteiger partial charge in [-0.1, -0.05) is 50.0 Å². The zero-order valence-electron chi connectivity index (χ0n) is 20.2. The maximum absolute atomic E-state index is 13.2. The zero-order valence-corrected chi connectivity index (χ0v) is 21.7. The summed E-state index contributed by atoms with van der Waals surface area (Å²) in [7, 11) is 0. The van der Waals surface area contributed by atoms with E-state index in [0.29, 0.717) is 28.6 Å². The van der Waals surface area contributed by atoms with Crippen LogP contribution in [0, 0.1) is 22.7 Å². The molecule has 1 unspecified atom stereocenters. The standard InChI is InChI=1S/C25H28Cl2N4O5/c1-25(2,3)12-19(30-21(33)7-5-14-4-6-16(26)11-17(14)27)24(36)31-18(22(34)20(32)13-28)10-15-8-9-29-23(15)35/h4-7,11,15,18-19H,8-10,12H2,1-3H3,(H,29,35)(H,30,33)(H,31,36)/b7-5+/t15-,18?,19-/m0/s1. The largest absolute Gasteiger partial charge is 0.356 e. The molecule has 36 heavy (non-hydrogen) atoms. The van der Waals surface area contributed by atoms with Gasteiger partial charge in [-0.25, -0.2) is 0 Å². The van der Waals surface area contributed by atoms with E-state index in [0.717, 1.165) is 0 Å². The number of halogens is 2. The highest BCUT2D eigenvalue weighted by Crippen LogP contribution is 2.23. The second-order valence-electron chi connectivity index (χ2n) is 9.70. The van der Waals surface area contributed by atoms with Crippen LogP contribution in [0.25, 0.3) is 6.08 Å². The van der Waals surface area contributed by atoms with Crippen LogP contribution in [-0.4, -0.2) is 47.9 Å². The molecule has 0 bridgehead atoms. The molecule has 1 aromatic rings. The number of hydrogen-bond acceptors (Lipinski definition) is 6. The van der Waals surface area contributed by atoms with E-state index in [9.17, 15) is 24.0 Å². The monoisotopic (exact) mass is 534 g/mol. The molecule has 0 aromatic heterocycles. The molecule has 1 aliphatic rings. The van der Waals surface area contributed by atoms with Crippen molar-refractivity contribution in [1.29, 1.82) is 5.26 Å². The number of benzene rings is 1. The Kier molecular flexibility index (Phi) is 10.2. The van der Waals surface area contributed by atoms with Crippen molar-refractivity contribution in [1.82, 2.24) is 16.0 Å². The van der Waals surface area contributed by atoms with Gasteiger partial charge in [-0.3, -0.25) is 24.0 Å². The number of ketones is 2. The van der Waals surface area contributed by atoms with Crippen LogP contribution in [0.15, 0.2) is 24.3 Å². The number of carbonyl (C=O) groups excluding carboxylic acids is 5. The van der Waals surface area contributed by atoms with Gasteiger partial charge in [0.1, 0.15) is 12.1 Å². The Labute approximate surface area is 219 Å². The molecule has 2 rings (SSSR count). The number of nitrogens with zero attached hydrogens (tertiary/aromatic N) is 1. The summed E-state index contributed by atoms with van der Waals surface area (Å²) in [5.41, 5.74) is 0.148. The Morgan fingerprint density at radius 3 is 2.44 bits per heavy atom. The van der Waals surface area contributed by atoms with Gasteiger partial charge >= 0.3 is 0 Å². The fourth-order valence-corrected chi connectivity index (χ4v) is 4.19. The Hall–Kier alpha value is -3.22. The van der Waals surface area contributed by atoms with Gasteiger partial charge in [-0.05, 0) is 48.4 Å². The van der Waals surface area contributed by atoms with E-state index in [4.69, 9.17) is 28.5 Å². The quantitative estimate of drug-likeness (QED) is 0.239. The number of Topliss-reactive ketones (excluding diaryl/α,β-unsaturated/α-hetero) is 2. The summed E-state index contributed by atoms with van der Waals surface area (Å²) < 4.78 is 0. The SMILES string of the molecule is CC(C)(C)C[C@H](NC(=O)/C=C/c1ccc(Cl)cc1Cl)C(=O)NC(C[C@@H]1CCNC1=O)C(=O)C(=O)C#N. The fourth-order valence-electron chi connectivity index (χ4n) is 3.72. The maximum Gasteiger partial charge on any atom is 0.299 e. The summed E-state index contributed by atoms with van der Waals surface area (Å²) in [6.45, 7) is 6.02. The lowest BCUT2D eigenvalue weighted by Gasteiger charge is -2.27. The third kappa shape index (κ3) is 8.77. The molecule has 0 saturated carbocycles. The molecule has 3 atom stereocenters. The van der Waals surface area contributed by atoms with Gasteiger partial charge in [0.15, 0.2) is 0 Å². The van der Waals surface area contributed by atoms with Crippen molar-refractivity contribution < 1.29 is 24.0 Å². The number of amides is 3. The Morgan fingerprint density at radius 1 is 1.19 bits per heavy atom. The molecule has 3 amide bonds. The second kappa shape index (κ2) is 12.7. The van der Waals surface area contributed by atoms with E-state index in [1.165, 1.54) is 24.3 Å². The van der Waals surface area contributed by atoms with Crippen molar-refractivity contribution in [2.75, 3.05) is 6.54 Å². The van der Waals surface area contributed by atoms with E-state index < -0.39 is 46.8 Å². The third-order valence-corrected chi connectivity index (χ3v) is 6.03. The maximum atomic E-state index is 13.2. The lowest BCUT2D eigenvalue weighted by molar-refractivity contribution is -0.137. The van der Waals surface area contributed by atoms with Crippen molar-refractivity contribution in [2.45, 2.75) is 52.1 Å². The molecular weight excluding hydrogens is 507 g/mol. The summed E-state index contributed by atoms with van der Waals surface area (Å²) in [5.74, 6) is -4.61. The van der Waals surface area contributed by atoms with E-state index in [1.807, 2.05) is 20.8 Å². The minimum atomic E-state index is -1.37. The Morgan fingerprint density at radius 2 is 1.89 bits per heavy atom. The lowest BCUT2D eigenvalue weighted by atomic mass is 9.87. The predicted octanol–water partition coefficient (Wildman–Crippen LogP) is 2.60. The van der Waals surface area contributed by atoms with Gasteiger partial charge in [0.05, 0.1) is 6.04 Å². The van der Waals surface area contributed by atoms with Crippen molar-refractivity contribution in [3.05, 3.63) is 39.9 Å². The van der Waals surface area contributed by atoms with Gasteiger partial charge < -0.3 is 16.0 Å². The number of nitrogens with one attached hydrogen (secondary N) is 3. The summed E-state index contributed by atoms with van der Waals surface area (Å²) in [6, 6.07) is 3.60. The van der Waals surface area contributed by atoms with Crippen LogP contribution in [0.1, 0.15) is 45.6 Å². The van der Waals surface area contributed by atoms with E-state index >= 15 is 0 Å². The molecule has 11 heteroatoms. The first-order valence-corrected chi connectivity index (χ1v) is 12.1. The summed E-state index contributed by atoms with van der Waals surface area (Å²) in [4.78, 5) is 62.1. The van der Waals surface area contributed by atoms with Crippen molar-refractivity contribution in [3.63, 3.8) is 0 Å². The topological polar surface area (TPSA) is 145 Å². The number of rotatable bonds is 10. The minimum Gasteiger partial charge on any atom is -0.356 e. The highest BCUT2D eigenvalue weighted by Gasteiger charge is 2.36. The molecule has 1 aromatic carbocycles. The average molecular weight is 535 g/mol. The molecule has 1 saturated heterocycles. The summed E-state index contributed by atoms with van der Waals surface area (Å²) in [5, 5.41) is 17.4. The second-order valence-corrected chi connectivity index (χ2v) is 10.5. The number of nitriles is 1. The summed E-state index contributed by atoms with van der Waals surface area (Å²) >= 11 is 12.0. The van der Waals surface area contributed by atoms with E-state index in [2.05, 4.69) is 16.0 Å². The Bertz CT molecular complexity index is 1120. The van der Waals surface area contributed by atoms with Gasteiger partial charge in [-0.15, -0.1) is 0 Å². The number of hydrogen-bond donors (Lipinski definition) is 3. The fraction of sp³-hybridized carbons (Fsp3) is 0.440. The van der Waals surface area contributed by atoms with E-state index in [1.54, 1.807) is 12.1 Å². The first-order valence-electron chi connectivity index (χ1n) is 11.3. The Balaban J connectivity index is 2.20. The molecule has 3 N–H and O–H groups in total. The highest BCUT2D eigenvalue weighted by molar-refractivity contribution is 6.45. The van der Waals surface area contributed by atoms with Crippen LogP contribution in [0.3, 0.4) is 0 Å². The van der Waals surface area contributed by atoms with Gasteiger partial charge in [0.25, 0.3) is 5.78 Å². The van der Waals surface area contributed by atoms with Gasteiger partial charge in [0, 0.05) is 28.6 Å². The minimum absolute atomic E-state index is 0.130. The predicted molar refractivity (Wildman–Crippen MR) is 135 cm³/mol. The van der Waals surface area contributed by atoms with Gasteiger partial charge in [-0.2, -0.15) is 5.26 Å². The lowest BCUT2D eigenvalue weighted by Crippen LogP contribution is -2.54. The van der Waals surface area contributed by atoms with Crippen molar-refractivity contribution >= 4 is 58.6 Å². The van der Waals surface area contributed by atoms with Crippen LogP contribution in [0.5, 0.6) is 0 Å². The van der Waals surface area contributed by atoms with Gasteiger partial charge in [0.2, 0.25) is 23.5 Å². The molecule has 9 nitrogen and oxygen atoms in total. The van der Waals surface area contributed by atoms with E-state index in [-0.39, 0.29) is 18.7 Å².